The number of ether oxygens (including phenoxy) is 2. The predicted octanol–water partition coefficient (Wildman–Crippen LogP) is 2.38. The first-order chi connectivity index (χ1) is 11.6. The summed E-state index contributed by atoms with van der Waals surface area (Å²) in [6, 6.07) is 11.1. The molecule has 1 amide bonds. The first kappa shape index (κ1) is 18.9. The van der Waals surface area contributed by atoms with Crippen molar-refractivity contribution in [2.75, 3.05) is 32.9 Å². The predicted molar refractivity (Wildman–Crippen MR) is 94.9 cm³/mol. The fourth-order valence-corrected chi connectivity index (χ4v) is 3.02. The minimum Gasteiger partial charge on any atom is -0.379 e. The third-order valence-electron chi connectivity index (χ3n) is 4.56. The van der Waals surface area contributed by atoms with Gasteiger partial charge in [-0.3, -0.25) is 9.69 Å². The summed E-state index contributed by atoms with van der Waals surface area (Å²) in [5.74, 6) is -0.0364. The van der Waals surface area contributed by atoms with E-state index >= 15 is 0 Å². The molecule has 1 aliphatic rings. The first-order valence-corrected chi connectivity index (χ1v) is 8.90. The molecular weight excluding hydrogens is 304 g/mol. The molecule has 5 heteroatoms. The van der Waals surface area contributed by atoms with Crippen LogP contribution in [0.5, 0.6) is 0 Å². The van der Waals surface area contributed by atoms with Gasteiger partial charge in [0, 0.05) is 31.8 Å². The fraction of sp³-hybridized carbons (Fsp3) is 0.632. The van der Waals surface area contributed by atoms with Gasteiger partial charge in [0.2, 0.25) is 5.91 Å². The smallest absolute Gasteiger partial charge is 0.249 e. The summed E-state index contributed by atoms with van der Waals surface area (Å²) in [5, 5.41) is 3.11. The van der Waals surface area contributed by atoms with Crippen LogP contribution in [-0.4, -0.2) is 55.9 Å². The van der Waals surface area contributed by atoms with E-state index in [1.807, 2.05) is 13.0 Å². The van der Waals surface area contributed by atoms with E-state index in [1.165, 1.54) is 5.56 Å². The molecule has 1 aromatic rings. The molecule has 0 aromatic heterocycles. The van der Waals surface area contributed by atoms with Gasteiger partial charge in [0.25, 0.3) is 0 Å². The van der Waals surface area contributed by atoms with Crippen molar-refractivity contribution in [3.8, 4) is 0 Å². The average molecular weight is 334 g/mol. The van der Waals surface area contributed by atoms with Crippen LogP contribution in [0.25, 0.3) is 0 Å². The van der Waals surface area contributed by atoms with Crippen LogP contribution in [0.1, 0.15) is 38.8 Å². The van der Waals surface area contributed by atoms with Gasteiger partial charge in [0.05, 0.1) is 13.2 Å². The number of amides is 1. The number of likely N-dealkylation sites (tertiary alicyclic amines) is 1. The van der Waals surface area contributed by atoms with Crippen LogP contribution < -0.4 is 5.32 Å². The summed E-state index contributed by atoms with van der Waals surface area (Å²) in [6.07, 6.45) is 0.542. The Labute approximate surface area is 145 Å². The number of carbonyl (C=O) groups is 1. The minimum absolute atomic E-state index is 0.0364. The second-order valence-electron chi connectivity index (χ2n) is 6.29. The van der Waals surface area contributed by atoms with Crippen LogP contribution >= 0.6 is 0 Å². The quantitative estimate of drug-likeness (QED) is 0.705. The lowest BCUT2D eigenvalue weighted by atomic mass is 10.1. The molecular formula is C19H30N2O3. The van der Waals surface area contributed by atoms with Crippen LogP contribution in [0.15, 0.2) is 30.3 Å². The molecule has 1 aliphatic heterocycles. The zero-order valence-electron chi connectivity index (χ0n) is 15.0. The molecule has 5 nitrogen and oxygen atoms in total. The van der Waals surface area contributed by atoms with E-state index in [4.69, 9.17) is 9.47 Å². The van der Waals surface area contributed by atoms with E-state index < -0.39 is 6.10 Å². The lowest BCUT2D eigenvalue weighted by Gasteiger charge is -2.25. The highest BCUT2D eigenvalue weighted by Gasteiger charge is 2.28. The zero-order chi connectivity index (χ0) is 17.4. The molecule has 1 fully saturated rings. The minimum atomic E-state index is -0.439. The zero-order valence-corrected chi connectivity index (χ0v) is 15.0. The largest absolute Gasteiger partial charge is 0.379 e. The van der Waals surface area contributed by atoms with Gasteiger partial charge in [-0.1, -0.05) is 30.3 Å². The van der Waals surface area contributed by atoms with E-state index in [2.05, 4.69) is 41.4 Å². The highest BCUT2D eigenvalue weighted by Crippen LogP contribution is 2.24. The Kier molecular flexibility index (Phi) is 7.69. The van der Waals surface area contributed by atoms with Gasteiger partial charge in [-0.05, 0) is 32.8 Å². The lowest BCUT2D eigenvalue weighted by Crippen LogP contribution is -2.43. The summed E-state index contributed by atoms with van der Waals surface area (Å²) in [7, 11) is 0. The van der Waals surface area contributed by atoms with Gasteiger partial charge in [-0.25, -0.2) is 0 Å². The maximum atomic E-state index is 12.2. The molecule has 0 aliphatic carbocycles. The van der Waals surface area contributed by atoms with Crippen molar-refractivity contribution in [1.82, 2.24) is 10.2 Å². The van der Waals surface area contributed by atoms with E-state index in [1.54, 1.807) is 6.92 Å². The number of benzene rings is 1. The third kappa shape index (κ3) is 5.58. The number of nitrogens with one attached hydrogen (secondary N) is 1. The molecule has 3 atom stereocenters. The van der Waals surface area contributed by atoms with Crippen LogP contribution in [-0.2, 0) is 14.3 Å². The Bertz CT molecular complexity index is 495. The third-order valence-corrected chi connectivity index (χ3v) is 4.56. The van der Waals surface area contributed by atoms with Crippen LogP contribution in [0, 0.1) is 0 Å². The van der Waals surface area contributed by atoms with Crippen molar-refractivity contribution in [3.05, 3.63) is 35.9 Å². The summed E-state index contributed by atoms with van der Waals surface area (Å²) < 4.78 is 10.7. The van der Waals surface area contributed by atoms with Crippen molar-refractivity contribution < 1.29 is 14.3 Å². The fourth-order valence-electron chi connectivity index (χ4n) is 3.02. The van der Waals surface area contributed by atoms with Gasteiger partial charge < -0.3 is 14.8 Å². The maximum absolute atomic E-state index is 12.2. The Morgan fingerprint density at radius 2 is 2.04 bits per heavy atom. The molecule has 0 spiro atoms. The topological polar surface area (TPSA) is 50.8 Å². The molecule has 0 bridgehead atoms. The number of rotatable bonds is 9. The molecule has 1 saturated heterocycles. The molecule has 1 aromatic carbocycles. The lowest BCUT2D eigenvalue weighted by molar-refractivity contribution is -0.133. The van der Waals surface area contributed by atoms with Crippen molar-refractivity contribution in [2.24, 2.45) is 0 Å². The molecule has 0 radical (unpaired) electrons. The number of carbonyl (C=O) groups excluding carboxylic acids is 1. The highest BCUT2D eigenvalue weighted by molar-refractivity contribution is 5.80. The number of hydrogen-bond acceptors (Lipinski definition) is 4. The van der Waals surface area contributed by atoms with E-state index in [9.17, 15) is 4.79 Å². The Morgan fingerprint density at radius 3 is 2.75 bits per heavy atom. The Morgan fingerprint density at radius 1 is 1.29 bits per heavy atom. The van der Waals surface area contributed by atoms with Crippen LogP contribution in [0.4, 0.5) is 0 Å². The summed E-state index contributed by atoms with van der Waals surface area (Å²) in [4.78, 5) is 14.6. The maximum Gasteiger partial charge on any atom is 0.249 e. The van der Waals surface area contributed by atoms with Crippen molar-refractivity contribution in [3.63, 3.8) is 0 Å². The second-order valence-corrected chi connectivity index (χ2v) is 6.29. The van der Waals surface area contributed by atoms with Crippen molar-refractivity contribution in [2.45, 2.75) is 45.4 Å². The molecule has 24 heavy (non-hydrogen) atoms. The standard InChI is InChI=1S/C19H30N2O3/c1-4-23-12-13-24-16(3)19(22)20-18-10-11-21(14-18)15(2)17-8-6-5-7-9-17/h5-9,15-16,18H,4,10-14H2,1-3H3,(H,20,22)/t15-,16-,18+/m1/s1. The van der Waals surface area contributed by atoms with Gasteiger partial charge in [0.15, 0.2) is 0 Å². The summed E-state index contributed by atoms with van der Waals surface area (Å²) >= 11 is 0. The normalized spacial score (nSPS) is 20.7. The number of hydrogen-bond donors (Lipinski definition) is 1. The van der Waals surface area contributed by atoms with Gasteiger partial charge in [0.1, 0.15) is 6.10 Å². The second kappa shape index (κ2) is 9.77. The van der Waals surface area contributed by atoms with Gasteiger partial charge >= 0.3 is 0 Å². The molecule has 0 unspecified atom stereocenters. The molecule has 1 heterocycles. The molecule has 134 valence electrons. The van der Waals surface area contributed by atoms with Crippen molar-refractivity contribution in [1.29, 1.82) is 0 Å². The van der Waals surface area contributed by atoms with E-state index in [0.717, 1.165) is 19.5 Å². The van der Waals surface area contributed by atoms with E-state index in [0.29, 0.717) is 25.9 Å². The van der Waals surface area contributed by atoms with Gasteiger partial charge in [-0.2, -0.15) is 0 Å². The van der Waals surface area contributed by atoms with Crippen LogP contribution in [0.3, 0.4) is 0 Å². The van der Waals surface area contributed by atoms with Gasteiger partial charge in [-0.15, -0.1) is 0 Å². The van der Waals surface area contributed by atoms with Crippen molar-refractivity contribution >= 4 is 5.91 Å². The molecule has 2 rings (SSSR count). The Hall–Kier alpha value is -1.43. The number of nitrogens with zero attached hydrogens (tertiary/aromatic N) is 1. The summed E-state index contributed by atoms with van der Waals surface area (Å²) in [5.41, 5.74) is 1.32. The van der Waals surface area contributed by atoms with Crippen LogP contribution in [0.2, 0.25) is 0 Å². The highest BCUT2D eigenvalue weighted by atomic mass is 16.5. The Balaban J connectivity index is 1.74. The molecule has 1 N–H and O–H groups in total. The molecule has 0 saturated carbocycles. The monoisotopic (exact) mass is 334 g/mol. The average Bonchev–Trinajstić information content (AvgIpc) is 3.07. The SMILES string of the molecule is CCOCCO[C@H](C)C(=O)N[C@H]1CCN([C@H](C)c2ccccc2)C1. The first-order valence-electron chi connectivity index (χ1n) is 8.90. The van der Waals surface area contributed by atoms with E-state index in [-0.39, 0.29) is 11.9 Å². The summed E-state index contributed by atoms with van der Waals surface area (Å²) in [6.45, 7) is 9.48.